The zero-order valence-electron chi connectivity index (χ0n) is 17.5. The van der Waals surface area contributed by atoms with Crippen LogP contribution in [0.2, 0.25) is 0 Å². The Hall–Kier alpha value is -2.92. The number of benzene rings is 5. The van der Waals surface area contributed by atoms with E-state index < -0.39 is 5.92 Å². The molecule has 5 aromatic carbocycles. The first-order chi connectivity index (χ1) is 16.2. The second kappa shape index (κ2) is 8.70. The molecule has 0 aliphatic rings. The van der Waals surface area contributed by atoms with Crippen molar-refractivity contribution in [3.05, 3.63) is 96.6 Å². The third-order valence-corrected chi connectivity index (χ3v) is 7.64. The number of rotatable bonds is 3. The molecule has 0 saturated heterocycles. The highest BCUT2D eigenvalue weighted by molar-refractivity contribution is 14.1. The molecular formula is C27H18I2O5. The summed E-state index contributed by atoms with van der Waals surface area (Å²) in [5.41, 5.74) is 1.72. The van der Waals surface area contributed by atoms with Gasteiger partial charge in [0.1, 0.15) is 28.7 Å². The number of hydrogen-bond donors (Lipinski definition) is 5. The summed E-state index contributed by atoms with van der Waals surface area (Å²) in [5.74, 6) is -0.432. The highest BCUT2D eigenvalue weighted by atomic mass is 127. The molecule has 5 rings (SSSR count). The predicted molar refractivity (Wildman–Crippen MR) is 149 cm³/mol. The van der Waals surface area contributed by atoms with Gasteiger partial charge in [-0.1, -0.05) is 24.3 Å². The van der Waals surface area contributed by atoms with Crippen LogP contribution in [0.5, 0.6) is 28.7 Å². The Balaban J connectivity index is 1.97. The van der Waals surface area contributed by atoms with Gasteiger partial charge in [0.15, 0.2) is 0 Å². The van der Waals surface area contributed by atoms with Gasteiger partial charge in [0.25, 0.3) is 0 Å². The standard InChI is InChI=1S/C27H18I2O5/c28-20-9-15(10-21(29)27(20)34)24(25-18-11-16(30)5-1-13(18)3-7-22(25)32)26-19-12-17(31)6-2-14(19)4-8-23(26)33/h1-12,24,30-34H. The van der Waals surface area contributed by atoms with Crippen molar-refractivity contribution in [2.45, 2.75) is 5.92 Å². The van der Waals surface area contributed by atoms with E-state index >= 15 is 0 Å². The van der Waals surface area contributed by atoms with Crippen molar-refractivity contribution in [2.24, 2.45) is 0 Å². The Morgan fingerprint density at radius 2 is 0.941 bits per heavy atom. The molecule has 0 saturated carbocycles. The van der Waals surface area contributed by atoms with Crippen molar-refractivity contribution in [1.82, 2.24) is 0 Å². The summed E-state index contributed by atoms with van der Waals surface area (Å²) in [6.07, 6.45) is 0. The monoisotopic (exact) mass is 676 g/mol. The topological polar surface area (TPSA) is 101 Å². The maximum absolute atomic E-state index is 11.1. The van der Waals surface area contributed by atoms with Gasteiger partial charge in [0, 0.05) is 17.0 Å². The molecule has 0 atom stereocenters. The van der Waals surface area contributed by atoms with Gasteiger partial charge in [-0.15, -0.1) is 0 Å². The zero-order chi connectivity index (χ0) is 24.1. The van der Waals surface area contributed by atoms with Gasteiger partial charge in [0.05, 0.1) is 7.14 Å². The summed E-state index contributed by atoms with van der Waals surface area (Å²) in [6, 6.07) is 20.2. The summed E-state index contributed by atoms with van der Waals surface area (Å²) in [5, 5.41) is 56.0. The summed E-state index contributed by atoms with van der Waals surface area (Å²) in [6.45, 7) is 0. The van der Waals surface area contributed by atoms with Gasteiger partial charge in [-0.25, -0.2) is 0 Å². The number of phenolic OH excluding ortho intramolecular Hbond substituents is 5. The highest BCUT2D eigenvalue weighted by Gasteiger charge is 2.28. The van der Waals surface area contributed by atoms with Crippen LogP contribution in [0.1, 0.15) is 22.6 Å². The molecule has 0 aliphatic heterocycles. The lowest BCUT2D eigenvalue weighted by atomic mass is 9.79. The van der Waals surface area contributed by atoms with E-state index in [1.165, 1.54) is 0 Å². The van der Waals surface area contributed by atoms with Crippen LogP contribution >= 0.6 is 45.2 Å². The van der Waals surface area contributed by atoms with Crippen molar-refractivity contribution in [1.29, 1.82) is 0 Å². The molecule has 0 amide bonds. The van der Waals surface area contributed by atoms with Crippen LogP contribution in [0.25, 0.3) is 21.5 Å². The zero-order valence-corrected chi connectivity index (χ0v) is 21.8. The van der Waals surface area contributed by atoms with Crippen molar-refractivity contribution >= 4 is 66.7 Å². The van der Waals surface area contributed by atoms with Crippen LogP contribution in [0.3, 0.4) is 0 Å². The molecule has 0 aliphatic carbocycles. The molecule has 5 aromatic rings. The largest absolute Gasteiger partial charge is 0.508 e. The maximum atomic E-state index is 11.1. The fraction of sp³-hybridized carbons (Fsp3) is 0.0370. The van der Waals surface area contributed by atoms with Crippen molar-refractivity contribution < 1.29 is 25.5 Å². The molecule has 0 fully saturated rings. The van der Waals surface area contributed by atoms with E-state index in [0.29, 0.717) is 29.0 Å². The molecule has 170 valence electrons. The number of hydrogen-bond acceptors (Lipinski definition) is 5. The lowest BCUT2D eigenvalue weighted by Gasteiger charge is -2.25. The Morgan fingerprint density at radius 3 is 1.38 bits per heavy atom. The average Bonchev–Trinajstić information content (AvgIpc) is 2.80. The Labute approximate surface area is 222 Å². The van der Waals surface area contributed by atoms with Gasteiger partial charge in [-0.2, -0.15) is 0 Å². The summed E-state index contributed by atoms with van der Waals surface area (Å²) >= 11 is 4.10. The van der Waals surface area contributed by atoms with Gasteiger partial charge >= 0.3 is 0 Å². The first-order valence-electron chi connectivity index (χ1n) is 10.3. The van der Waals surface area contributed by atoms with E-state index in [0.717, 1.165) is 16.3 Å². The minimum Gasteiger partial charge on any atom is -0.508 e. The molecule has 0 aromatic heterocycles. The SMILES string of the molecule is Oc1ccc2ccc(O)c(C(c3cc(I)c(O)c(I)c3)c3c(O)ccc4ccc(O)cc34)c2c1. The minimum absolute atomic E-state index is 0.00209. The Bertz CT molecular complexity index is 1470. The molecule has 7 heteroatoms. The van der Waals surface area contributed by atoms with E-state index in [1.807, 2.05) is 12.1 Å². The van der Waals surface area contributed by atoms with E-state index in [1.54, 1.807) is 60.7 Å². The van der Waals surface area contributed by atoms with Gasteiger partial charge in [-0.3, -0.25) is 0 Å². The molecule has 0 radical (unpaired) electrons. The number of phenols is 5. The Morgan fingerprint density at radius 1 is 0.529 bits per heavy atom. The molecule has 0 heterocycles. The van der Waals surface area contributed by atoms with E-state index in [9.17, 15) is 25.5 Å². The van der Waals surface area contributed by atoms with E-state index in [4.69, 9.17) is 0 Å². The molecule has 0 unspecified atom stereocenters. The predicted octanol–water partition coefficient (Wildman–Crippen LogP) is 6.91. The number of aromatic hydroxyl groups is 5. The number of halogens is 2. The molecule has 0 bridgehead atoms. The molecule has 5 N–H and O–H groups in total. The highest BCUT2D eigenvalue weighted by Crippen LogP contribution is 2.48. The third kappa shape index (κ3) is 3.86. The van der Waals surface area contributed by atoms with E-state index in [2.05, 4.69) is 45.2 Å². The molecule has 34 heavy (non-hydrogen) atoms. The molecule has 5 nitrogen and oxygen atoms in total. The third-order valence-electron chi connectivity index (χ3n) is 6.00. The van der Waals surface area contributed by atoms with Gasteiger partial charge in [0.2, 0.25) is 0 Å². The van der Waals surface area contributed by atoms with Gasteiger partial charge < -0.3 is 25.5 Å². The lowest BCUT2D eigenvalue weighted by Crippen LogP contribution is -2.07. The first-order valence-corrected chi connectivity index (χ1v) is 12.5. The normalized spacial score (nSPS) is 11.5. The Kier molecular flexibility index (Phi) is 5.85. The molecular weight excluding hydrogens is 658 g/mol. The number of fused-ring (bicyclic) bond motifs is 2. The minimum atomic E-state index is -0.682. The summed E-state index contributed by atoms with van der Waals surface area (Å²) in [4.78, 5) is 0. The summed E-state index contributed by atoms with van der Waals surface area (Å²) in [7, 11) is 0. The average molecular weight is 676 g/mol. The van der Waals surface area contributed by atoms with Crippen LogP contribution in [-0.2, 0) is 0 Å². The maximum Gasteiger partial charge on any atom is 0.142 e. The molecule has 0 spiro atoms. The first kappa shape index (κ1) is 22.9. The van der Waals surface area contributed by atoms with Gasteiger partial charge in [-0.05, 0) is 121 Å². The van der Waals surface area contributed by atoms with E-state index in [-0.39, 0.29) is 28.7 Å². The van der Waals surface area contributed by atoms with Crippen LogP contribution in [0.4, 0.5) is 0 Å². The summed E-state index contributed by atoms with van der Waals surface area (Å²) < 4.78 is 1.24. The lowest BCUT2D eigenvalue weighted by molar-refractivity contribution is 0.460. The van der Waals surface area contributed by atoms with Crippen LogP contribution < -0.4 is 0 Å². The second-order valence-corrected chi connectivity index (χ2v) is 10.4. The second-order valence-electron chi connectivity index (χ2n) is 8.07. The smallest absolute Gasteiger partial charge is 0.142 e. The van der Waals surface area contributed by atoms with Crippen molar-refractivity contribution in [2.75, 3.05) is 0 Å². The van der Waals surface area contributed by atoms with Crippen LogP contribution in [0.15, 0.2) is 72.8 Å². The van der Waals surface area contributed by atoms with Crippen molar-refractivity contribution in [3.63, 3.8) is 0 Å². The van der Waals surface area contributed by atoms with Crippen LogP contribution in [0, 0.1) is 7.14 Å². The fourth-order valence-corrected chi connectivity index (χ4v) is 6.29. The van der Waals surface area contributed by atoms with Crippen LogP contribution in [-0.4, -0.2) is 25.5 Å². The van der Waals surface area contributed by atoms with Crippen molar-refractivity contribution in [3.8, 4) is 28.7 Å². The fourth-order valence-electron chi connectivity index (χ4n) is 4.47. The quantitative estimate of drug-likeness (QED) is 0.106.